The first-order valence-corrected chi connectivity index (χ1v) is 4.12. The van der Waals surface area contributed by atoms with Crippen molar-refractivity contribution < 1.29 is 0 Å². The van der Waals surface area contributed by atoms with Gasteiger partial charge in [0, 0.05) is 5.38 Å². The molecule has 0 heterocycles. The lowest BCUT2D eigenvalue weighted by atomic mass is 10.1. The molecule has 0 nitrogen and oxygen atoms in total. The van der Waals surface area contributed by atoms with Crippen LogP contribution in [0.5, 0.6) is 0 Å². The van der Waals surface area contributed by atoms with Crippen LogP contribution in [0.1, 0.15) is 32.1 Å². The molecule has 0 aromatic rings. The minimum absolute atomic E-state index is 0.404. The summed E-state index contributed by atoms with van der Waals surface area (Å²) in [6, 6.07) is 0. The van der Waals surface area contributed by atoms with Gasteiger partial charge in [-0.3, -0.25) is 0 Å². The Morgan fingerprint density at radius 3 is 3.00 bits per heavy atom. The molecule has 0 aromatic carbocycles. The van der Waals surface area contributed by atoms with E-state index in [1.165, 1.54) is 25.7 Å². The topological polar surface area (TPSA) is 0 Å². The number of alkyl halides is 1. The molecule has 1 heteroatoms. The molecule has 0 N–H and O–H groups in total. The van der Waals surface area contributed by atoms with E-state index in [0.717, 1.165) is 6.42 Å². The van der Waals surface area contributed by atoms with Gasteiger partial charge in [0.2, 0.25) is 0 Å². The fourth-order valence-corrected chi connectivity index (χ4v) is 1.36. The average molecular weight is 145 g/mol. The first-order valence-electron chi connectivity index (χ1n) is 3.68. The van der Waals surface area contributed by atoms with Crippen LogP contribution < -0.4 is 0 Å². The summed E-state index contributed by atoms with van der Waals surface area (Å²) in [5.74, 6) is 0. The van der Waals surface area contributed by atoms with Crippen molar-refractivity contribution >= 4 is 11.6 Å². The van der Waals surface area contributed by atoms with Gasteiger partial charge in [0.15, 0.2) is 0 Å². The number of rotatable bonds is 0. The van der Waals surface area contributed by atoms with Gasteiger partial charge >= 0.3 is 0 Å². The van der Waals surface area contributed by atoms with Crippen molar-refractivity contribution in [2.24, 2.45) is 0 Å². The summed E-state index contributed by atoms with van der Waals surface area (Å²) in [6.07, 6.45) is 10.6. The third kappa shape index (κ3) is 2.90. The maximum atomic E-state index is 5.94. The van der Waals surface area contributed by atoms with Gasteiger partial charge in [-0.25, -0.2) is 0 Å². The van der Waals surface area contributed by atoms with Crippen LogP contribution in [0, 0.1) is 0 Å². The maximum absolute atomic E-state index is 5.94. The zero-order chi connectivity index (χ0) is 6.53. The molecule has 0 saturated carbocycles. The average Bonchev–Trinajstić information content (AvgIpc) is 1.79. The molecule has 1 aliphatic carbocycles. The summed E-state index contributed by atoms with van der Waals surface area (Å²) in [7, 11) is 0. The van der Waals surface area contributed by atoms with Crippen LogP contribution in [0.15, 0.2) is 12.2 Å². The van der Waals surface area contributed by atoms with Crippen molar-refractivity contribution in [1.82, 2.24) is 0 Å². The molecule has 0 amide bonds. The van der Waals surface area contributed by atoms with Crippen LogP contribution >= 0.6 is 11.6 Å². The van der Waals surface area contributed by atoms with Gasteiger partial charge in [0.25, 0.3) is 0 Å². The molecule has 1 aliphatic rings. The zero-order valence-electron chi connectivity index (χ0n) is 5.65. The predicted molar refractivity (Wildman–Crippen MR) is 41.9 cm³/mol. The van der Waals surface area contributed by atoms with Crippen LogP contribution in [0.2, 0.25) is 0 Å². The highest BCUT2D eigenvalue weighted by Gasteiger charge is 2.02. The Labute approximate surface area is 61.9 Å². The number of allylic oxidation sites excluding steroid dienone is 2. The summed E-state index contributed by atoms with van der Waals surface area (Å²) in [4.78, 5) is 0. The molecule has 0 radical (unpaired) electrons. The molecule has 0 spiro atoms. The van der Waals surface area contributed by atoms with Crippen molar-refractivity contribution in [2.45, 2.75) is 37.5 Å². The van der Waals surface area contributed by atoms with Crippen LogP contribution in [-0.2, 0) is 0 Å². The SMILES string of the molecule is ClC1CC=CCCCC1. The standard InChI is InChI=1S/C8H13Cl/c9-8-6-4-2-1-3-5-7-8/h2,4,8H,1,3,5-7H2. The van der Waals surface area contributed by atoms with Crippen LogP contribution in [0.3, 0.4) is 0 Å². The molecule has 1 rings (SSSR count). The van der Waals surface area contributed by atoms with Crippen molar-refractivity contribution in [3.63, 3.8) is 0 Å². The van der Waals surface area contributed by atoms with Crippen molar-refractivity contribution in [2.75, 3.05) is 0 Å². The molecular weight excluding hydrogens is 132 g/mol. The summed E-state index contributed by atoms with van der Waals surface area (Å²) in [5.41, 5.74) is 0. The third-order valence-electron chi connectivity index (χ3n) is 1.70. The van der Waals surface area contributed by atoms with E-state index >= 15 is 0 Å². The van der Waals surface area contributed by atoms with Crippen LogP contribution in [0.25, 0.3) is 0 Å². The van der Waals surface area contributed by atoms with Crippen molar-refractivity contribution in [1.29, 1.82) is 0 Å². The summed E-state index contributed by atoms with van der Waals surface area (Å²) < 4.78 is 0. The monoisotopic (exact) mass is 144 g/mol. The van der Waals surface area contributed by atoms with Gasteiger partial charge in [0.1, 0.15) is 0 Å². The fraction of sp³-hybridized carbons (Fsp3) is 0.750. The number of hydrogen-bond acceptors (Lipinski definition) is 0. The molecule has 52 valence electrons. The van der Waals surface area contributed by atoms with Gasteiger partial charge in [-0.2, -0.15) is 0 Å². The van der Waals surface area contributed by atoms with Crippen LogP contribution in [0.4, 0.5) is 0 Å². The lowest BCUT2D eigenvalue weighted by Crippen LogP contribution is -1.97. The highest BCUT2D eigenvalue weighted by atomic mass is 35.5. The van der Waals surface area contributed by atoms with E-state index in [1.54, 1.807) is 0 Å². The second kappa shape index (κ2) is 3.94. The lowest BCUT2D eigenvalue weighted by Gasteiger charge is -2.07. The van der Waals surface area contributed by atoms with Gasteiger partial charge in [-0.1, -0.05) is 18.6 Å². The summed E-state index contributed by atoms with van der Waals surface area (Å²) in [6.45, 7) is 0. The molecule has 1 unspecified atom stereocenters. The van der Waals surface area contributed by atoms with E-state index in [-0.39, 0.29) is 0 Å². The fourth-order valence-electron chi connectivity index (χ4n) is 1.11. The first kappa shape index (κ1) is 7.14. The minimum atomic E-state index is 0.404. The van der Waals surface area contributed by atoms with Gasteiger partial charge in [-0.15, -0.1) is 11.6 Å². The highest BCUT2D eigenvalue weighted by molar-refractivity contribution is 6.20. The Bertz CT molecular complexity index is 96.7. The normalized spacial score (nSPS) is 29.2. The Kier molecular flexibility index (Phi) is 3.13. The molecule has 0 aliphatic heterocycles. The number of halogens is 1. The van der Waals surface area contributed by atoms with E-state index in [4.69, 9.17) is 11.6 Å². The maximum Gasteiger partial charge on any atom is 0.0370 e. The van der Waals surface area contributed by atoms with E-state index in [9.17, 15) is 0 Å². The Balaban J connectivity index is 2.28. The van der Waals surface area contributed by atoms with Crippen LogP contribution in [-0.4, -0.2) is 5.38 Å². The molecule has 0 bridgehead atoms. The molecule has 9 heavy (non-hydrogen) atoms. The Hall–Kier alpha value is 0.0300. The first-order chi connectivity index (χ1) is 4.39. The van der Waals surface area contributed by atoms with Crippen molar-refractivity contribution in [3.05, 3.63) is 12.2 Å². The predicted octanol–water partition coefficient (Wildman–Crippen LogP) is 3.11. The second-order valence-electron chi connectivity index (χ2n) is 2.59. The van der Waals surface area contributed by atoms with E-state index in [1.807, 2.05) is 0 Å². The minimum Gasteiger partial charge on any atom is -0.123 e. The molecule has 0 saturated heterocycles. The number of hydrogen-bond donors (Lipinski definition) is 0. The molecule has 1 atom stereocenters. The van der Waals surface area contributed by atoms with E-state index in [2.05, 4.69) is 12.2 Å². The summed E-state index contributed by atoms with van der Waals surface area (Å²) in [5, 5.41) is 0.404. The highest BCUT2D eigenvalue weighted by Crippen LogP contribution is 2.16. The quantitative estimate of drug-likeness (QED) is 0.362. The zero-order valence-corrected chi connectivity index (χ0v) is 6.40. The van der Waals surface area contributed by atoms with E-state index < -0.39 is 0 Å². The van der Waals surface area contributed by atoms with Gasteiger partial charge < -0.3 is 0 Å². The Morgan fingerprint density at radius 2 is 2.11 bits per heavy atom. The third-order valence-corrected chi connectivity index (χ3v) is 2.09. The Morgan fingerprint density at radius 1 is 1.22 bits per heavy atom. The second-order valence-corrected chi connectivity index (χ2v) is 3.21. The summed E-state index contributed by atoms with van der Waals surface area (Å²) >= 11 is 5.94. The smallest absolute Gasteiger partial charge is 0.0370 e. The van der Waals surface area contributed by atoms with Crippen molar-refractivity contribution in [3.8, 4) is 0 Å². The van der Waals surface area contributed by atoms with Gasteiger partial charge in [-0.05, 0) is 25.7 Å². The molecular formula is C8H13Cl. The van der Waals surface area contributed by atoms with Gasteiger partial charge in [0.05, 0.1) is 0 Å². The molecule has 0 fully saturated rings. The molecule has 0 aromatic heterocycles. The largest absolute Gasteiger partial charge is 0.123 e. The van der Waals surface area contributed by atoms with E-state index in [0.29, 0.717) is 5.38 Å². The lowest BCUT2D eigenvalue weighted by molar-refractivity contribution is 0.644.